The summed E-state index contributed by atoms with van der Waals surface area (Å²) in [5.41, 5.74) is 5.95. The Hall–Kier alpha value is 0.230. The first-order valence-electron chi connectivity index (χ1n) is 7.39. The number of nitrogens with zero attached hydrogens (tertiary/aromatic N) is 2. The van der Waals surface area contributed by atoms with E-state index >= 15 is 0 Å². The molecule has 2 saturated heterocycles. The van der Waals surface area contributed by atoms with E-state index in [4.69, 9.17) is 5.73 Å². The van der Waals surface area contributed by atoms with Crippen molar-refractivity contribution in [2.24, 2.45) is 5.73 Å². The molecule has 3 nitrogen and oxygen atoms in total. The highest BCUT2D eigenvalue weighted by Gasteiger charge is 2.24. The number of piperidine rings is 1. The average Bonchev–Trinajstić information content (AvgIpc) is 2.50. The summed E-state index contributed by atoms with van der Waals surface area (Å²) in [7, 11) is 0. The minimum atomic E-state index is 0.455. The molecule has 0 spiro atoms. The van der Waals surface area contributed by atoms with Gasteiger partial charge in [-0.1, -0.05) is 13.8 Å². The fraction of sp³-hybridized carbons (Fsp3) is 1.00. The number of hydrogen-bond donors (Lipinski definition) is 1. The first-order valence-corrected chi connectivity index (χ1v) is 8.38. The molecule has 0 atom stereocenters. The number of rotatable bonds is 3. The van der Waals surface area contributed by atoms with Gasteiger partial charge in [0.05, 0.1) is 0 Å². The van der Waals surface area contributed by atoms with Gasteiger partial charge in [-0.25, -0.2) is 0 Å². The van der Waals surface area contributed by atoms with Gasteiger partial charge < -0.3 is 15.5 Å². The van der Waals surface area contributed by atoms with E-state index < -0.39 is 0 Å². The Bertz CT molecular complexity index is 249. The van der Waals surface area contributed by atoms with Crippen molar-refractivity contribution in [1.82, 2.24) is 9.80 Å². The van der Waals surface area contributed by atoms with Gasteiger partial charge in [-0.15, -0.1) is 0 Å². The van der Waals surface area contributed by atoms with Crippen molar-refractivity contribution in [2.45, 2.75) is 43.9 Å². The van der Waals surface area contributed by atoms with Crippen LogP contribution in [0.5, 0.6) is 0 Å². The topological polar surface area (TPSA) is 32.5 Å². The minimum Gasteiger partial charge on any atom is -0.328 e. The maximum absolute atomic E-state index is 5.95. The van der Waals surface area contributed by atoms with E-state index in [0.717, 1.165) is 0 Å². The van der Waals surface area contributed by atoms with Gasteiger partial charge in [0.1, 0.15) is 0 Å². The number of likely N-dealkylation sites (tertiary alicyclic amines) is 1. The lowest BCUT2D eigenvalue weighted by Gasteiger charge is -2.32. The van der Waals surface area contributed by atoms with Crippen LogP contribution in [-0.4, -0.2) is 65.6 Å². The largest absolute Gasteiger partial charge is 0.328 e. The van der Waals surface area contributed by atoms with Gasteiger partial charge in [0, 0.05) is 36.2 Å². The summed E-state index contributed by atoms with van der Waals surface area (Å²) in [6.45, 7) is 12.2. The molecule has 0 unspecified atom stereocenters. The lowest BCUT2D eigenvalue weighted by molar-refractivity contribution is 0.176. The molecular formula is C14H29N3S. The molecule has 2 aliphatic rings. The predicted octanol–water partition coefficient (Wildman–Crippen LogP) is 1.63. The second kappa shape index (κ2) is 6.60. The molecule has 0 aromatic heterocycles. The maximum atomic E-state index is 5.95. The van der Waals surface area contributed by atoms with Crippen LogP contribution in [0.3, 0.4) is 0 Å². The quantitative estimate of drug-likeness (QED) is 0.845. The molecule has 2 fully saturated rings. The second-order valence-electron chi connectivity index (χ2n) is 6.38. The Labute approximate surface area is 116 Å². The van der Waals surface area contributed by atoms with E-state index in [2.05, 4.69) is 35.4 Å². The zero-order valence-electron chi connectivity index (χ0n) is 12.0. The maximum Gasteiger partial charge on any atom is 0.0116 e. The van der Waals surface area contributed by atoms with Crippen molar-refractivity contribution in [3.63, 3.8) is 0 Å². The summed E-state index contributed by atoms with van der Waals surface area (Å²) < 4.78 is 0.479. The molecule has 0 radical (unpaired) electrons. The number of hydrogen-bond acceptors (Lipinski definition) is 4. The zero-order chi connectivity index (χ0) is 13.0. The molecule has 4 heteroatoms. The standard InChI is InChI=1S/C14H29N3S/c1-14(2)5-8-17(11-12-18-14)10-9-16-6-3-13(15)4-7-16/h13H,3-12,15H2,1-2H3. The molecule has 0 aliphatic carbocycles. The Morgan fingerprint density at radius 2 is 1.67 bits per heavy atom. The summed E-state index contributed by atoms with van der Waals surface area (Å²) in [6.07, 6.45) is 3.69. The van der Waals surface area contributed by atoms with Crippen molar-refractivity contribution in [2.75, 3.05) is 45.0 Å². The molecule has 106 valence electrons. The van der Waals surface area contributed by atoms with Crippen LogP contribution in [0.2, 0.25) is 0 Å². The summed E-state index contributed by atoms with van der Waals surface area (Å²) in [5, 5.41) is 0. The summed E-state index contributed by atoms with van der Waals surface area (Å²) >= 11 is 2.13. The Balaban J connectivity index is 1.67. The van der Waals surface area contributed by atoms with Crippen LogP contribution in [0.15, 0.2) is 0 Å². The van der Waals surface area contributed by atoms with Gasteiger partial charge in [-0.2, -0.15) is 11.8 Å². The molecular weight excluding hydrogens is 242 g/mol. The summed E-state index contributed by atoms with van der Waals surface area (Å²) in [5.74, 6) is 1.29. The Morgan fingerprint density at radius 1 is 1.06 bits per heavy atom. The van der Waals surface area contributed by atoms with E-state index in [0.29, 0.717) is 10.8 Å². The van der Waals surface area contributed by atoms with Crippen LogP contribution in [0.4, 0.5) is 0 Å². The van der Waals surface area contributed by atoms with Gasteiger partial charge >= 0.3 is 0 Å². The average molecular weight is 271 g/mol. The van der Waals surface area contributed by atoms with Gasteiger partial charge in [-0.05, 0) is 38.9 Å². The number of thioether (sulfide) groups is 1. The normalized spacial score (nSPS) is 28.2. The molecule has 0 aromatic rings. The Morgan fingerprint density at radius 3 is 2.33 bits per heavy atom. The SMILES string of the molecule is CC1(C)CCN(CCN2CCC(N)CC2)CCS1. The third-order valence-corrected chi connectivity index (χ3v) is 5.67. The highest BCUT2D eigenvalue weighted by atomic mass is 32.2. The van der Waals surface area contributed by atoms with Crippen LogP contribution < -0.4 is 5.73 Å². The van der Waals surface area contributed by atoms with Crippen molar-refractivity contribution in [3.8, 4) is 0 Å². The van der Waals surface area contributed by atoms with E-state index in [-0.39, 0.29) is 0 Å². The van der Waals surface area contributed by atoms with Crippen LogP contribution >= 0.6 is 11.8 Å². The molecule has 0 amide bonds. The van der Waals surface area contributed by atoms with E-state index in [9.17, 15) is 0 Å². The van der Waals surface area contributed by atoms with Gasteiger partial charge in [0.25, 0.3) is 0 Å². The van der Waals surface area contributed by atoms with Crippen molar-refractivity contribution >= 4 is 11.8 Å². The van der Waals surface area contributed by atoms with Gasteiger partial charge in [-0.3, -0.25) is 0 Å². The predicted molar refractivity (Wildman–Crippen MR) is 81.2 cm³/mol. The van der Waals surface area contributed by atoms with Crippen LogP contribution in [-0.2, 0) is 0 Å². The second-order valence-corrected chi connectivity index (χ2v) is 8.18. The molecule has 2 rings (SSSR count). The third kappa shape index (κ3) is 4.72. The van der Waals surface area contributed by atoms with E-state index in [1.165, 1.54) is 64.3 Å². The van der Waals surface area contributed by atoms with Crippen LogP contribution in [0, 0.1) is 0 Å². The minimum absolute atomic E-state index is 0.455. The summed E-state index contributed by atoms with van der Waals surface area (Å²) in [4.78, 5) is 5.24. The molecule has 2 aliphatic heterocycles. The monoisotopic (exact) mass is 271 g/mol. The molecule has 18 heavy (non-hydrogen) atoms. The van der Waals surface area contributed by atoms with Crippen molar-refractivity contribution < 1.29 is 0 Å². The highest BCUT2D eigenvalue weighted by Crippen LogP contribution is 2.30. The Kier molecular flexibility index (Phi) is 5.36. The summed E-state index contributed by atoms with van der Waals surface area (Å²) in [6, 6.07) is 0.455. The molecule has 2 heterocycles. The van der Waals surface area contributed by atoms with Crippen molar-refractivity contribution in [3.05, 3.63) is 0 Å². The van der Waals surface area contributed by atoms with Crippen LogP contribution in [0.25, 0.3) is 0 Å². The lowest BCUT2D eigenvalue weighted by Crippen LogP contribution is -2.43. The zero-order valence-corrected chi connectivity index (χ0v) is 12.8. The molecule has 0 bridgehead atoms. The highest BCUT2D eigenvalue weighted by molar-refractivity contribution is 8.00. The van der Waals surface area contributed by atoms with E-state index in [1.807, 2.05) is 0 Å². The first-order chi connectivity index (χ1) is 8.55. The third-order valence-electron chi connectivity index (χ3n) is 4.30. The molecule has 2 N–H and O–H groups in total. The molecule has 0 aromatic carbocycles. The number of nitrogens with two attached hydrogens (primary N) is 1. The van der Waals surface area contributed by atoms with Gasteiger partial charge in [0.2, 0.25) is 0 Å². The fourth-order valence-corrected chi connectivity index (χ4v) is 3.88. The first kappa shape index (κ1) is 14.6. The lowest BCUT2D eigenvalue weighted by atomic mass is 10.1. The smallest absolute Gasteiger partial charge is 0.0116 e. The van der Waals surface area contributed by atoms with Gasteiger partial charge in [0.15, 0.2) is 0 Å². The molecule has 0 saturated carbocycles. The van der Waals surface area contributed by atoms with Crippen LogP contribution in [0.1, 0.15) is 33.1 Å². The van der Waals surface area contributed by atoms with E-state index in [1.54, 1.807) is 0 Å². The van der Waals surface area contributed by atoms with Crippen molar-refractivity contribution in [1.29, 1.82) is 0 Å². The fourth-order valence-electron chi connectivity index (χ4n) is 2.75.